The second-order valence-electron chi connectivity index (χ2n) is 2.38. The van der Waals surface area contributed by atoms with Crippen molar-refractivity contribution in [3.05, 3.63) is 0 Å². The minimum absolute atomic E-state index is 0.425. The van der Waals surface area contributed by atoms with Gasteiger partial charge in [0.2, 0.25) is 0 Å². The Balaban J connectivity index is 2.03. The van der Waals surface area contributed by atoms with Crippen molar-refractivity contribution in [2.45, 2.75) is 31.5 Å². The second kappa shape index (κ2) is 1.69. The molecule has 0 aromatic rings. The van der Waals surface area contributed by atoms with Crippen molar-refractivity contribution in [3.63, 3.8) is 0 Å². The van der Waals surface area contributed by atoms with Crippen LogP contribution < -0.4 is 5.64 Å². The molecule has 3 nitrogen and oxygen atoms in total. The molecule has 1 aliphatic heterocycles. The molecule has 1 N–H and O–H groups in total. The van der Waals surface area contributed by atoms with Crippen LogP contribution in [0.3, 0.4) is 0 Å². The van der Waals surface area contributed by atoms with Crippen molar-refractivity contribution in [1.82, 2.24) is 5.64 Å². The zero-order chi connectivity index (χ0) is 5.40. The first-order valence-electron chi connectivity index (χ1n) is 3.01. The predicted octanol–water partition coefficient (Wildman–Crippen LogP) is 0.374. The summed E-state index contributed by atoms with van der Waals surface area (Å²) in [4.78, 5) is 9.99. The fourth-order valence-corrected chi connectivity index (χ4v) is 1.28. The third-order valence-electron chi connectivity index (χ3n) is 1.77. The van der Waals surface area contributed by atoms with Gasteiger partial charge in [-0.3, -0.25) is 9.68 Å². The molecule has 8 heavy (non-hydrogen) atoms. The molecule has 2 fully saturated rings. The fourth-order valence-electron chi connectivity index (χ4n) is 1.28. The van der Waals surface area contributed by atoms with Gasteiger partial charge in [-0.05, 0) is 12.8 Å². The smallest absolute Gasteiger partial charge is 0.0843 e. The van der Waals surface area contributed by atoms with Crippen molar-refractivity contribution >= 4 is 0 Å². The van der Waals surface area contributed by atoms with E-state index >= 15 is 0 Å². The molecule has 1 saturated carbocycles. The molecule has 1 aliphatic carbocycles. The van der Waals surface area contributed by atoms with Crippen LogP contribution in [0.1, 0.15) is 19.3 Å². The molecule has 0 spiro atoms. The summed E-state index contributed by atoms with van der Waals surface area (Å²) in [7, 11) is 0. The lowest BCUT2D eigenvalue weighted by atomic mass is 10.3. The normalized spacial score (nSPS) is 45.0. The van der Waals surface area contributed by atoms with Crippen LogP contribution in [0.25, 0.3) is 0 Å². The Morgan fingerprint density at radius 3 is 2.25 bits per heavy atom. The molecule has 1 saturated heterocycles. The molecule has 1 heterocycles. The van der Waals surface area contributed by atoms with Gasteiger partial charge in [0.1, 0.15) is 0 Å². The van der Waals surface area contributed by atoms with E-state index in [-0.39, 0.29) is 0 Å². The van der Waals surface area contributed by atoms with Crippen LogP contribution in [0.2, 0.25) is 0 Å². The molecule has 2 unspecified atom stereocenters. The zero-order valence-electron chi connectivity index (χ0n) is 4.59. The molecule has 2 rings (SSSR count). The van der Waals surface area contributed by atoms with Crippen LogP contribution in [0.4, 0.5) is 0 Å². The SMILES string of the molecule is C1CC2CC1ONO2. The number of hydrogen-bond donors (Lipinski definition) is 1. The van der Waals surface area contributed by atoms with E-state index in [0.29, 0.717) is 12.2 Å². The maximum Gasteiger partial charge on any atom is 0.0843 e. The van der Waals surface area contributed by atoms with Crippen LogP contribution in [-0.2, 0) is 9.68 Å². The van der Waals surface area contributed by atoms with E-state index in [1.54, 1.807) is 0 Å². The van der Waals surface area contributed by atoms with Crippen LogP contribution in [0.5, 0.6) is 0 Å². The number of rotatable bonds is 0. The Morgan fingerprint density at radius 2 is 1.75 bits per heavy atom. The summed E-state index contributed by atoms with van der Waals surface area (Å²) in [6.45, 7) is 0. The summed E-state index contributed by atoms with van der Waals surface area (Å²) in [5.41, 5.74) is 2.45. The molecule has 3 heteroatoms. The average molecular weight is 115 g/mol. The van der Waals surface area contributed by atoms with Gasteiger partial charge in [0.05, 0.1) is 12.2 Å². The van der Waals surface area contributed by atoms with E-state index in [4.69, 9.17) is 9.68 Å². The molecule has 0 amide bonds. The van der Waals surface area contributed by atoms with Gasteiger partial charge in [0.15, 0.2) is 0 Å². The number of hydrogen-bond acceptors (Lipinski definition) is 3. The largest absolute Gasteiger partial charge is 0.273 e. The van der Waals surface area contributed by atoms with Gasteiger partial charge < -0.3 is 0 Å². The minimum atomic E-state index is 0.425. The van der Waals surface area contributed by atoms with E-state index < -0.39 is 0 Å². The lowest BCUT2D eigenvalue weighted by Gasteiger charge is -2.18. The predicted molar refractivity (Wildman–Crippen MR) is 26.7 cm³/mol. The highest BCUT2D eigenvalue weighted by atomic mass is 16.9. The molecule has 0 aromatic heterocycles. The third kappa shape index (κ3) is 0.632. The van der Waals surface area contributed by atoms with Gasteiger partial charge in [0, 0.05) is 6.42 Å². The van der Waals surface area contributed by atoms with Crippen molar-refractivity contribution < 1.29 is 9.68 Å². The number of fused-ring (bicyclic) bond motifs is 2. The van der Waals surface area contributed by atoms with Gasteiger partial charge in [-0.1, -0.05) is 5.64 Å². The van der Waals surface area contributed by atoms with E-state index in [0.717, 1.165) is 19.3 Å². The van der Waals surface area contributed by atoms with Gasteiger partial charge in [-0.2, -0.15) is 0 Å². The molecule has 46 valence electrons. The summed E-state index contributed by atoms with van der Waals surface area (Å²) in [6.07, 6.45) is 4.23. The van der Waals surface area contributed by atoms with Crippen molar-refractivity contribution in [3.8, 4) is 0 Å². The molecule has 2 atom stereocenters. The molecule has 0 radical (unpaired) electrons. The summed E-state index contributed by atoms with van der Waals surface area (Å²) in [5, 5.41) is 0. The maximum absolute atomic E-state index is 5.00. The lowest BCUT2D eigenvalue weighted by molar-refractivity contribution is -0.245. The van der Waals surface area contributed by atoms with Gasteiger partial charge in [0.25, 0.3) is 0 Å². The third-order valence-corrected chi connectivity index (χ3v) is 1.77. The Labute approximate surface area is 47.9 Å². The van der Waals surface area contributed by atoms with E-state index in [1.165, 1.54) is 0 Å². The maximum atomic E-state index is 5.00. The van der Waals surface area contributed by atoms with Gasteiger partial charge in [-0.25, -0.2) is 0 Å². The van der Waals surface area contributed by atoms with E-state index in [1.807, 2.05) is 0 Å². The summed E-state index contributed by atoms with van der Waals surface area (Å²) >= 11 is 0. The Morgan fingerprint density at radius 1 is 1.12 bits per heavy atom. The molecular weight excluding hydrogens is 106 g/mol. The van der Waals surface area contributed by atoms with Crippen LogP contribution >= 0.6 is 0 Å². The van der Waals surface area contributed by atoms with Crippen LogP contribution in [0.15, 0.2) is 0 Å². The van der Waals surface area contributed by atoms with Crippen molar-refractivity contribution in [2.75, 3.05) is 0 Å². The topological polar surface area (TPSA) is 30.5 Å². The average Bonchev–Trinajstić information content (AvgIpc) is 2.12. The highest BCUT2D eigenvalue weighted by molar-refractivity contribution is 4.76. The van der Waals surface area contributed by atoms with Crippen molar-refractivity contribution in [1.29, 1.82) is 0 Å². The quantitative estimate of drug-likeness (QED) is 0.495. The standard InChI is InChI=1S/C5H9NO2/c1-2-5-3-4(1)7-6-8-5/h4-6H,1-3H2. The van der Waals surface area contributed by atoms with Crippen LogP contribution in [0, 0.1) is 0 Å². The zero-order valence-corrected chi connectivity index (χ0v) is 4.59. The highest BCUT2D eigenvalue weighted by Crippen LogP contribution is 2.26. The first kappa shape index (κ1) is 4.73. The first-order chi connectivity index (χ1) is 3.95. The molecular formula is C5H9NO2. The lowest BCUT2D eigenvalue weighted by Crippen LogP contribution is -2.31. The molecule has 2 aliphatic rings. The highest BCUT2D eigenvalue weighted by Gasteiger charge is 2.30. The molecule has 0 aromatic carbocycles. The summed E-state index contributed by atoms with van der Waals surface area (Å²) in [5.74, 6) is 0. The second-order valence-corrected chi connectivity index (χ2v) is 2.38. The van der Waals surface area contributed by atoms with Gasteiger partial charge in [-0.15, -0.1) is 0 Å². The Bertz CT molecular complexity index is 82.4. The van der Waals surface area contributed by atoms with E-state index in [2.05, 4.69) is 5.64 Å². The summed E-state index contributed by atoms with van der Waals surface area (Å²) in [6, 6.07) is 0. The fraction of sp³-hybridized carbons (Fsp3) is 1.00. The summed E-state index contributed by atoms with van der Waals surface area (Å²) < 4.78 is 0. The van der Waals surface area contributed by atoms with E-state index in [9.17, 15) is 0 Å². The van der Waals surface area contributed by atoms with Crippen molar-refractivity contribution in [2.24, 2.45) is 0 Å². The minimum Gasteiger partial charge on any atom is -0.273 e. The number of nitrogens with one attached hydrogen (secondary N) is 1. The van der Waals surface area contributed by atoms with Gasteiger partial charge >= 0.3 is 0 Å². The first-order valence-corrected chi connectivity index (χ1v) is 3.01. The Kier molecular flexibility index (Phi) is 0.997. The monoisotopic (exact) mass is 115 g/mol. The van der Waals surface area contributed by atoms with Crippen LogP contribution in [-0.4, -0.2) is 12.2 Å². The Hall–Kier alpha value is -0.120. The molecule has 2 bridgehead atoms.